The number of benzene rings is 1. The van der Waals surface area contributed by atoms with E-state index in [2.05, 4.69) is 42.2 Å². The number of carbonyl (C=O) groups excluding carboxylic acids is 7. The minimum absolute atomic E-state index is 0.00191. The lowest BCUT2D eigenvalue weighted by molar-refractivity contribution is -0.136. The van der Waals surface area contributed by atoms with Crippen LogP contribution in [0.3, 0.4) is 0 Å². The Morgan fingerprint density at radius 1 is 0.623 bits per heavy atom. The lowest BCUT2D eigenvalue weighted by atomic mass is 9.98. The molecule has 8 N–H and O–H groups in total. The van der Waals surface area contributed by atoms with Gasteiger partial charge in [-0.05, 0) is 62.5 Å². The number of fused-ring (bicyclic) bond motifs is 1. The van der Waals surface area contributed by atoms with Gasteiger partial charge in [-0.1, -0.05) is 59.7 Å². The highest BCUT2D eigenvalue weighted by atomic mass is 16.2. The molecule has 3 rings (SSSR count). The first kappa shape index (κ1) is 42.5. The maximum Gasteiger partial charge on any atom is 0.243 e. The van der Waals surface area contributed by atoms with Crippen molar-refractivity contribution in [2.24, 2.45) is 17.8 Å². The van der Waals surface area contributed by atoms with Crippen LogP contribution in [0.25, 0.3) is 10.9 Å². The first-order valence-electron chi connectivity index (χ1n) is 18.6. The van der Waals surface area contributed by atoms with Crippen molar-refractivity contribution in [3.63, 3.8) is 0 Å². The smallest absolute Gasteiger partial charge is 0.243 e. The minimum atomic E-state index is -1.08. The van der Waals surface area contributed by atoms with Crippen LogP contribution in [0.5, 0.6) is 0 Å². The summed E-state index contributed by atoms with van der Waals surface area (Å²) in [5.74, 6) is -4.28. The van der Waals surface area contributed by atoms with Crippen LogP contribution in [0.15, 0.2) is 30.5 Å². The number of hydrogen-bond acceptors (Lipinski definition) is 7. The predicted octanol–water partition coefficient (Wildman–Crippen LogP) is 1.32. The van der Waals surface area contributed by atoms with E-state index in [9.17, 15) is 33.6 Å². The van der Waals surface area contributed by atoms with Gasteiger partial charge in [-0.15, -0.1) is 0 Å². The molecule has 0 unspecified atom stereocenters. The number of hydrogen-bond donors (Lipinski definition) is 8. The highest BCUT2D eigenvalue weighted by Gasteiger charge is 2.34. The van der Waals surface area contributed by atoms with Crippen LogP contribution < -0.4 is 37.2 Å². The van der Waals surface area contributed by atoms with Crippen LogP contribution in [-0.2, 0) is 40.0 Å². The Hall–Kier alpha value is -4.95. The lowest BCUT2D eigenvalue weighted by Crippen LogP contribution is -2.60. The van der Waals surface area contributed by atoms with Gasteiger partial charge in [0.05, 0.1) is 0 Å². The SMILES string of the molecule is CC(C)C[C@@H]1NC(=O)[C@@H](C(C)C)NC(=O)[C@@H](C)NC(=O)CCCNC(=O)[C@@H](Cc2c[nH]c3ccccc23)NC(=O)[C@@H](C)NC(=O)[C@@H](CC(C)C)NC1=O. The summed E-state index contributed by atoms with van der Waals surface area (Å²) in [7, 11) is 0. The maximum absolute atomic E-state index is 13.7. The average Bonchev–Trinajstić information content (AvgIpc) is 3.49. The molecule has 0 spiro atoms. The van der Waals surface area contributed by atoms with Crippen LogP contribution in [-0.4, -0.2) is 89.1 Å². The van der Waals surface area contributed by atoms with E-state index >= 15 is 0 Å². The van der Waals surface area contributed by atoms with Crippen molar-refractivity contribution in [2.45, 2.75) is 124 Å². The highest BCUT2D eigenvalue weighted by molar-refractivity contribution is 5.97. The second kappa shape index (κ2) is 19.8. The number of nitrogens with one attached hydrogen (secondary N) is 8. The van der Waals surface area contributed by atoms with Gasteiger partial charge < -0.3 is 42.2 Å². The molecule has 1 aliphatic rings. The summed E-state index contributed by atoms with van der Waals surface area (Å²) >= 11 is 0. The number of para-hydroxylation sites is 1. The maximum atomic E-state index is 13.7. The number of rotatable bonds is 7. The third kappa shape index (κ3) is 12.9. The Kier molecular flexibility index (Phi) is 15.8. The standard InChI is InChI=1S/C38H58N8O7/c1-20(2)16-28-36(51)42-24(8)33(48)43-30(18-25-19-40-27-13-10-9-12-26(25)27)35(50)39-15-11-14-31(47)41-23(7)34(49)46-32(22(5)6)38(53)45-29(17-21(3)4)37(52)44-28/h9-10,12-13,19-24,28-30,32,40H,11,14-18H2,1-8H3,(H,39,50)(H,41,47)(H,42,51)(H,43,48)(H,44,52)(H,45,53)(H,46,49)/t23-,24-,28-,29+,30-,32-/m1/s1. The molecule has 53 heavy (non-hydrogen) atoms. The molecular weight excluding hydrogens is 680 g/mol. The molecule has 1 fully saturated rings. The molecule has 15 nitrogen and oxygen atoms in total. The first-order valence-corrected chi connectivity index (χ1v) is 18.6. The fraction of sp³-hybridized carbons (Fsp3) is 0.605. The summed E-state index contributed by atoms with van der Waals surface area (Å²) in [6.45, 7) is 14.2. The third-order valence-corrected chi connectivity index (χ3v) is 9.06. The molecule has 292 valence electrons. The van der Waals surface area contributed by atoms with E-state index in [0.717, 1.165) is 16.5 Å². The zero-order valence-electron chi connectivity index (χ0n) is 32.2. The Morgan fingerprint density at radius 2 is 1.17 bits per heavy atom. The molecule has 0 radical (unpaired) electrons. The summed E-state index contributed by atoms with van der Waals surface area (Å²) in [4.78, 5) is 97.1. The van der Waals surface area contributed by atoms with Crippen molar-refractivity contribution in [2.75, 3.05) is 6.54 Å². The summed E-state index contributed by atoms with van der Waals surface area (Å²) < 4.78 is 0. The van der Waals surface area contributed by atoms with E-state index < -0.39 is 77.6 Å². The quantitative estimate of drug-likeness (QED) is 0.208. The molecule has 2 heterocycles. The first-order chi connectivity index (χ1) is 25.0. The second-order valence-electron chi connectivity index (χ2n) is 15.2. The van der Waals surface area contributed by atoms with Crippen LogP contribution in [0.4, 0.5) is 0 Å². The Balaban J connectivity index is 1.93. The Morgan fingerprint density at radius 3 is 1.79 bits per heavy atom. The molecular formula is C38H58N8O7. The number of H-pyrrole nitrogens is 1. The van der Waals surface area contributed by atoms with Crippen molar-refractivity contribution in [3.05, 3.63) is 36.0 Å². The minimum Gasteiger partial charge on any atom is -0.361 e. The molecule has 1 aliphatic heterocycles. The van der Waals surface area contributed by atoms with Crippen molar-refractivity contribution >= 4 is 52.3 Å². The fourth-order valence-electron chi connectivity index (χ4n) is 6.12. The monoisotopic (exact) mass is 738 g/mol. The molecule has 15 heteroatoms. The van der Waals surface area contributed by atoms with Gasteiger partial charge in [0.1, 0.15) is 36.3 Å². The zero-order chi connectivity index (χ0) is 39.4. The van der Waals surface area contributed by atoms with Crippen molar-refractivity contribution in [1.82, 2.24) is 42.2 Å². The zero-order valence-corrected chi connectivity index (χ0v) is 32.2. The molecule has 2 aromatic rings. The molecule has 1 aromatic carbocycles. The average molecular weight is 739 g/mol. The summed E-state index contributed by atoms with van der Waals surface area (Å²) in [6, 6.07) is 1.38. The summed E-state index contributed by atoms with van der Waals surface area (Å²) in [5.41, 5.74) is 1.66. The molecule has 1 saturated heterocycles. The van der Waals surface area contributed by atoms with Crippen molar-refractivity contribution in [1.29, 1.82) is 0 Å². The van der Waals surface area contributed by atoms with Gasteiger partial charge in [0.25, 0.3) is 0 Å². The van der Waals surface area contributed by atoms with Gasteiger partial charge in [-0.2, -0.15) is 0 Å². The predicted molar refractivity (Wildman–Crippen MR) is 201 cm³/mol. The second-order valence-corrected chi connectivity index (χ2v) is 15.2. The van der Waals surface area contributed by atoms with E-state index in [1.165, 1.54) is 13.8 Å². The van der Waals surface area contributed by atoms with Crippen LogP contribution in [0.2, 0.25) is 0 Å². The normalized spacial score (nSPS) is 25.3. The van der Waals surface area contributed by atoms with Gasteiger partial charge in [0.2, 0.25) is 41.4 Å². The largest absolute Gasteiger partial charge is 0.361 e. The van der Waals surface area contributed by atoms with E-state index in [0.29, 0.717) is 0 Å². The van der Waals surface area contributed by atoms with Crippen LogP contribution >= 0.6 is 0 Å². The number of aromatic nitrogens is 1. The highest BCUT2D eigenvalue weighted by Crippen LogP contribution is 2.19. The Labute approximate surface area is 311 Å². The number of carbonyl (C=O) groups is 7. The van der Waals surface area contributed by atoms with E-state index in [1.807, 2.05) is 52.0 Å². The topological polar surface area (TPSA) is 219 Å². The van der Waals surface area contributed by atoms with Crippen LogP contribution in [0, 0.1) is 17.8 Å². The van der Waals surface area contributed by atoms with Crippen LogP contribution in [0.1, 0.15) is 86.6 Å². The molecule has 1 aromatic heterocycles. The van der Waals surface area contributed by atoms with Crippen molar-refractivity contribution < 1.29 is 33.6 Å². The summed E-state index contributed by atoms with van der Waals surface area (Å²) in [5, 5.41) is 20.0. The van der Waals surface area contributed by atoms with Gasteiger partial charge in [-0.25, -0.2) is 0 Å². The van der Waals surface area contributed by atoms with Gasteiger partial charge in [0.15, 0.2) is 0 Å². The summed E-state index contributed by atoms with van der Waals surface area (Å²) in [6.07, 6.45) is 2.66. The molecule has 7 amide bonds. The molecule has 0 saturated carbocycles. The van der Waals surface area contributed by atoms with Gasteiger partial charge in [-0.3, -0.25) is 33.6 Å². The van der Waals surface area contributed by atoms with E-state index in [1.54, 1.807) is 20.0 Å². The van der Waals surface area contributed by atoms with E-state index in [-0.39, 0.29) is 56.4 Å². The van der Waals surface area contributed by atoms with E-state index in [4.69, 9.17) is 0 Å². The number of amides is 7. The van der Waals surface area contributed by atoms with Gasteiger partial charge >= 0.3 is 0 Å². The fourth-order valence-corrected chi connectivity index (χ4v) is 6.12. The molecule has 0 aliphatic carbocycles. The number of aromatic amines is 1. The van der Waals surface area contributed by atoms with Crippen molar-refractivity contribution in [3.8, 4) is 0 Å². The molecule has 6 atom stereocenters. The lowest BCUT2D eigenvalue weighted by Gasteiger charge is -2.29. The van der Waals surface area contributed by atoms with Gasteiger partial charge in [0, 0.05) is 36.5 Å². The third-order valence-electron chi connectivity index (χ3n) is 9.06. The Bertz CT molecular complexity index is 1620. The molecule has 0 bridgehead atoms.